The Hall–Kier alpha value is -6.22. The summed E-state index contributed by atoms with van der Waals surface area (Å²) in [5, 5.41) is 0. The molecule has 0 spiro atoms. The number of aliphatic imine (C=N–C) groups is 2. The maximum absolute atomic E-state index is 13.5. The van der Waals surface area contributed by atoms with E-state index in [-0.39, 0.29) is 22.6 Å². The predicted molar refractivity (Wildman–Crippen MR) is 198 cm³/mol. The topological polar surface area (TPSA) is 99.0 Å². The second kappa shape index (κ2) is 16.7. The van der Waals surface area contributed by atoms with E-state index in [1.807, 2.05) is 43.3 Å². The highest BCUT2D eigenvalue weighted by molar-refractivity contribution is 6.04. The Balaban J connectivity index is 1.33. The maximum atomic E-state index is 13.5. The van der Waals surface area contributed by atoms with E-state index in [0.29, 0.717) is 22.9 Å². The molecule has 0 radical (unpaired) electrons. The molecule has 0 fully saturated rings. The van der Waals surface area contributed by atoms with Crippen LogP contribution in [0, 0.1) is 6.92 Å². The quantitative estimate of drug-likeness (QED) is 0.0702. The van der Waals surface area contributed by atoms with Gasteiger partial charge in [-0.3, -0.25) is 9.98 Å². The molecule has 0 atom stereocenters. The van der Waals surface area contributed by atoms with Gasteiger partial charge < -0.3 is 23.8 Å². The third-order valence-electron chi connectivity index (χ3n) is 7.89. The Bertz CT molecular complexity index is 2000. The summed E-state index contributed by atoms with van der Waals surface area (Å²) in [6.45, 7) is 8.12. The van der Waals surface area contributed by atoms with E-state index in [4.69, 9.17) is 18.9 Å². The van der Waals surface area contributed by atoms with Crippen LogP contribution in [0.25, 0.3) is 0 Å². The Morgan fingerprint density at radius 2 is 1.04 bits per heavy atom. The fourth-order valence-electron chi connectivity index (χ4n) is 5.11. The fraction of sp³-hybridized carbons (Fsp3) is 0.171. The SMILES string of the molecule is CCN(CC)c1ccc(C=Nc2ccc(OC)c(OC(=O)c3ccccc3C(=O)Oc3cc(N=Cc4ccc(C)cc4)ccc3OC)c2)cc1. The Kier molecular flexibility index (Phi) is 11.8. The second-order valence-corrected chi connectivity index (χ2v) is 11.2. The average molecular weight is 670 g/mol. The molecule has 50 heavy (non-hydrogen) atoms. The number of hydrogen-bond donors (Lipinski definition) is 0. The van der Waals surface area contributed by atoms with Crippen LogP contribution < -0.4 is 23.8 Å². The zero-order valence-electron chi connectivity index (χ0n) is 28.8. The van der Waals surface area contributed by atoms with E-state index in [9.17, 15) is 9.59 Å². The zero-order valence-corrected chi connectivity index (χ0v) is 28.8. The zero-order chi connectivity index (χ0) is 35.5. The second-order valence-electron chi connectivity index (χ2n) is 11.2. The molecule has 0 unspecified atom stereocenters. The minimum absolute atomic E-state index is 0.00858. The molecule has 5 aromatic carbocycles. The largest absolute Gasteiger partial charge is 0.493 e. The normalized spacial score (nSPS) is 11.1. The smallest absolute Gasteiger partial charge is 0.344 e. The van der Waals surface area contributed by atoms with Gasteiger partial charge in [0.1, 0.15) is 0 Å². The third kappa shape index (κ3) is 8.82. The van der Waals surface area contributed by atoms with Crippen LogP contribution in [0.1, 0.15) is 51.3 Å². The van der Waals surface area contributed by atoms with Crippen LogP contribution in [0.15, 0.2) is 119 Å². The van der Waals surface area contributed by atoms with E-state index in [0.717, 1.165) is 35.5 Å². The number of carbonyl (C=O) groups is 2. The van der Waals surface area contributed by atoms with Crippen LogP contribution in [0.5, 0.6) is 23.0 Å². The van der Waals surface area contributed by atoms with E-state index in [1.54, 1.807) is 61.0 Å². The molecule has 5 rings (SSSR count). The highest BCUT2D eigenvalue weighted by atomic mass is 16.6. The van der Waals surface area contributed by atoms with Crippen molar-refractivity contribution < 1.29 is 28.5 Å². The summed E-state index contributed by atoms with van der Waals surface area (Å²) in [5.74, 6) is -0.592. The number of ether oxygens (including phenoxy) is 4. The molecule has 0 aliphatic heterocycles. The van der Waals surface area contributed by atoms with Crippen molar-refractivity contribution in [3.63, 3.8) is 0 Å². The van der Waals surface area contributed by atoms with Crippen LogP contribution >= 0.6 is 0 Å². The number of nitrogens with zero attached hydrogens (tertiary/aromatic N) is 3. The number of carbonyl (C=O) groups excluding carboxylic acids is 2. The fourth-order valence-corrected chi connectivity index (χ4v) is 5.11. The monoisotopic (exact) mass is 669 g/mol. The molecule has 0 amide bonds. The van der Waals surface area contributed by atoms with Gasteiger partial charge in [-0.2, -0.15) is 0 Å². The van der Waals surface area contributed by atoms with Crippen molar-refractivity contribution >= 4 is 41.4 Å². The molecule has 0 aliphatic rings. The van der Waals surface area contributed by atoms with E-state index >= 15 is 0 Å². The van der Waals surface area contributed by atoms with Crippen molar-refractivity contribution in [2.75, 3.05) is 32.2 Å². The summed E-state index contributed by atoms with van der Waals surface area (Å²) in [4.78, 5) is 38.4. The lowest BCUT2D eigenvalue weighted by Crippen LogP contribution is -2.21. The molecule has 254 valence electrons. The van der Waals surface area contributed by atoms with Gasteiger partial charge >= 0.3 is 11.9 Å². The van der Waals surface area contributed by atoms with Gasteiger partial charge in [0.25, 0.3) is 0 Å². The van der Waals surface area contributed by atoms with Crippen molar-refractivity contribution in [2.24, 2.45) is 9.98 Å². The number of anilines is 1. The molecule has 0 N–H and O–H groups in total. The lowest BCUT2D eigenvalue weighted by molar-refractivity contribution is 0.0687. The van der Waals surface area contributed by atoms with Crippen LogP contribution in [0.4, 0.5) is 17.1 Å². The highest BCUT2D eigenvalue weighted by Gasteiger charge is 2.23. The molecule has 9 heteroatoms. The van der Waals surface area contributed by atoms with Gasteiger partial charge in [-0.05, 0) is 80.4 Å². The summed E-state index contributed by atoms with van der Waals surface area (Å²) < 4.78 is 22.4. The first kappa shape index (κ1) is 35.1. The number of rotatable bonds is 13. The van der Waals surface area contributed by atoms with E-state index < -0.39 is 11.9 Å². The van der Waals surface area contributed by atoms with Gasteiger partial charge in [-0.1, -0.05) is 54.1 Å². The van der Waals surface area contributed by atoms with Gasteiger partial charge in [-0.15, -0.1) is 0 Å². The van der Waals surface area contributed by atoms with Crippen LogP contribution in [-0.2, 0) is 0 Å². The van der Waals surface area contributed by atoms with Crippen LogP contribution in [0.3, 0.4) is 0 Å². The summed E-state index contributed by atoms with van der Waals surface area (Å²) in [6, 6.07) is 32.4. The molecule has 5 aromatic rings. The first-order valence-electron chi connectivity index (χ1n) is 16.2. The van der Waals surface area contributed by atoms with Crippen LogP contribution in [0.2, 0.25) is 0 Å². The van der Waals surface area contributed by atoms with Gasteiger partial charge in [0.2, 0.25) is 0 Å². The lowest BCUT2D eigenvalue weighted by atomic mass is 10.1. The lowest BCUT2D eigenvalue weighted by Gasteiger charge is -2.20. The Morgan fingerprint density at radius 3 is 1.46 bits per heavy atom. The molecule has 0 aromatic heterocycles. The Labute approximate surface area is 292 Å². The molecule has 0 heterocycles. The summed E-state index contributed by atoms with van der Waals surface area (Å²) in [6.07, 6.45) is 3.46. The molecule has 9 nitrogen and oxygen atoms in total. The minimum Gasteiger partial charge on any atom is -0.493 e. The molecule has 0 bridgehead atoms. The number of benzene rings is 5. The van der Waals surface area contributed by atoms with Crippen molar-refractivity contribution in [2.45, 2.75) is 20.8 Å². The molecular formula is C41H39N3O6. The van der Waals surface area contributed by atoms with Crippen molar-refractivity contribution in [1.82, 2.24) is 0 Å². The summed E-state index contributed by atoms with van der Waals surface area (Å²) in [5.41, 5.74) is 5.25. The summed E-state index contributed by atoms with van der Waals surface area (Å²) in [7, 11) is 2.95. The van der Waals surface area contributed by atoms with E-state index in [2.05, 4.69) is 40.9 Å². The first-order valence-corrected chi connectivity index (χ1v) is 16.2. The van der Waals surface area contributed by atoms with Crippen LogP contribution in [-0.4, -0.2) is 51.7 Å². The number of esters is 2. The highest BCUT2D eigenvalue weighted by Crippen LogP contribution is 2.34. The van der Waals surface area contributed by atoms with Gasteiger partial charge in [0.05, 0.1) is 36.7 Å². The standard InChI is InChI=1S/C41H39N3O6/c1-6-44(7-2)33-20-16-30(17-21-33)27-43-32-19-23-37(48-5)39(25-32)50-41(46)35-11-9-8-10-34(35)40(45)49-38-24-31(18-22-36(38)47-4)42-26-29-14-12-28(3)13-15-29/h8-27H,6-7H2,1-5H3. The van der Waals surface area contributed by atoms with Gasteiger partial charge in [0, 0.05) is 43.3 Å². The van der Waals surface area contributed by atoms with Crippen molar-refractivity contribution in [3.8, 4) is 23.0 Å². The first-order chi connectivity index (χ1) is 24.3. The number of hydrogen-bond acceptors (Lipinski definition) is 9. The Morgan fingerprint density at radius 1 is 0.600 bits per heavy atom. The van der Waals surface area contributed by atoms with Crippen molar-refractivity contribution in [3.05, 3.63) is 137 Å². The van der Waals surface area contributed by atoms with E-state index in [1.165, 1.54) is 26.4 Å². The number of methoxy groups -OCH3 is 2. The third-order valence-corrected chi connectivity index (χ3v) is 7.89. The summed E-state index contributed by atoms with van der Waals surface area (Å²) >= 11 is 0. The minimum atomic E-state index is -0.771. The molecule has 0 aliphatic carbocycles. The maximum Gasteiger partial charge on any atom is 0.344 e. The number of aryl methyl sites for hydroxylation is 1. The molecular weight excluding hydrogens is 630 g/mol. The molecule has 0 saturated heterocycles. The van der Waals surface area contributed by atoms with Gasteiger partial charge in [-0.25, -0.2) is 9.59 Å². The average Bonchev–Trinajstić information content (AvgIpc) is 3.15. The van der Waals surface area contributed by atoms with Gasteiger partial charge in [0.15, 0.2) is 23.0 Å². The molecule has 0 saturated carbocycles. The predicted octanol–water partition coefficient (Wildman–Crippen LogP) is 8.80. The van der Waals surface area contributed by atoms with Crippen molar-refractivity contribution in [1.29, 1.82) is 0 Å².